The minimum absolute atomic E-state index is 0.102. The molecule has 3 aromatic rings. The van der Waals surface area contributed by atoms with Crippen LogP contribution in [-0.2, 0) is 24.4 Å². The van der Waals surface area contributed by atoms with E-state index in [0.717, 1.165) is 5.56 Å². The van der Waals surface area contributed by atoms with Gasteiger partial charge in [-0.1, -0.05) is 72.8 Å². The maximum atomic E-state index is 13.2. The smallest absolute Gasteiger partial charge is 0.416 e. The van der Waals surface area contributed by atoms with Gasteiger partial charge in [-0.05, 0) is 35.2 Å². The van der Waals surface area contributed by atoms with Gasteiger partial charge in [0, 0.05) is 0 Å². The number of hydrogen-bond donors (Lipinski definition) is 2. The molecule has 0 radical (unpaired) electrons. The largest absolute Gasteiger partial charge is 0.489 e. The predicted octanol–water partition coefficient (Wildman–Crippen LogP) is 5.03. The van der Waals surface area contributed by atoms with E-state index in [-0.39, 0.29) is 13.0 Å². The third-order valence-electron chi connectivity index (χ3n) is 4.86. The Hall–Kier alpha value is -3.52. The van der Waals surface area contributed by atoms with Gasteiger partial charge in [0.2, 0.25) is 0 Å². The molecule has 0 fully saturated rings. The first-order chi connectivity index (χ1) is 15.8. The number of nitrogens with one attached hydrogen (secondary N) is 1. The molecular formula is C25H24F3NO4. The van der Waals surface area contributed by atoms with Crippen LogP contribution in [0.5, 0.6) is 5.75 Å². The molecule has 2 unspecified atom stereocenters. The van der Waals surface area contributed by atoms with Crippen LogP contribution in [0.2, 0.25) is 0 Å². The van der Waals surface area contributed by atoms with Gasteiger partial charge in [0.1, 0.15) is 19.0 Å². The van der Waals surface area contributed by atoms with Crippen molar-refractivity contribution in [3.63, 3.8) is 0 Å². The molecule has 5 nitrogen and oxygen atoms in total. The number of alkyl halides is 3. The molecule has 3 aromatic carbocycles. The molecule has 0 saturated heterocycles. The van der Waals surface area contributed by atoms with Crippen LogP contribution in [-0.4, -0.2) is 29.5 Å². The summed E-state index contributed by atoms with van der Waals surface area (Å²) >= 11 is 0. The second-order valence-corrected chi connectivity index (χ2v) is 7.42. The fourth-order valence-corrected chi connectivity index (χ4v) is 3.10. The molecule has 8 heteroatoms. The lowest BCUT2D eigenvalue weighted by atomic mass is 10.0. The van der Waals surface area contributed by atoms with Gasteiger partial charge in [-0.2, -0.15) is 13.2 Å². The summed E-state index contributed by atoms with van der Waals surface area (Å²) in [4.78, 5) is 12.1. The highest BCUT2D eigenvalue weighted by Crippen LogP contribution is 2.25. The summed E-state index contributed by atoms with van der Waals surface area (Å²) in [6, 6.07) is 23.1. The molecule has 0 aromatic heterocycles. The van der Waals surface area contributed by atoms with Gasteiger partial charge >= 0.3 is 12.3 Å². The highest BCUT2D eigenvalue weighted by molar-refractivity contribution is 5.67. The Labute approximate surface area is 189 Å². The molecule has 33 heavy (non-hydrogen) atoms. The molecular weight excluding hydrogens is 435 g/mol. The molecule has 2 atom stereocenters. The predicted molar refractivity (Wildman–Crippen MR) is 117 cm³/mol. The Morgan fingerprint density at radius 1 is 0.818 bits per heavy atom. The average Bonchev–Trinajstić information content (AvgIpc) is 2.82. The van der Waals surface area contributed by atoms with Crippen LogP contribution in [0.1, 0.15) is 16.7 Å². The van der Waals surface area contributed by atoms with Crippen molar-refractivity contribution >= 4 is 6.09 Å². The zero-order valence-electron chi connectivity index (χ0n) is 17.7. The number of carbonyl (C=O) groups is 1. The Bertz CT molecular complexity index is 996. The lowest BCUT2D eigenvalue weighted by Gasteiger charge is -2.25. The highest BCUT2D eigenvalue weighted by atomic mass is 19.4. The summed E-state index contributed by atoms with van der Waals surface area (Å²) in [6.45, 7) is 0.249. The minimum atomic E-state index is -4.91. The molecule has 2 N–H and O–H groups in total. The maximum absolute atomic E-state index is 13.2. The number of amides is 1. The average molecular weight is 459 g/mol. The standard InChI is InChI=1S/C25H24F3NO4/c26-25(27,28)23(30)22(29-24(31)33-17-20-9-5-2-6-10-20)15-18-11-13-21(14-12-18)32-16-19-7-3-1-4-8-19/h1-14,22-23,30H,15-17H2,(H,29,31). The molecule has 1 amide bonds. The van der Waals surface area contributed by atoms with E-state index < -0.39 is 24.4 Å². The van der Waals surface area contributed by atoms with Crippen molar-refractivity contribution in [3.8, 4) is 5.75 Å². The van der Waals surface area contributed by atoms with Crippen molar-refractivity contribution in [1.82, 2.24) is 5.32 Å². The summed E-state index contributed by atoms with van der Waals surface area (Å²) in [7, 11) is 0. The molecule has 0 spiro atoms. The molecule has 0 aliphatic rings. The van der Waals surface area contributed by atoms with E-state index in [0.29, 0.717) is 23.5 Å². The maximum Gasteiger partial charge on any atom is 0.416 e. The number of halogens is 3. The van der Waals surface area contributed by atoms with Crippen LogP contribution in [0, 0.1) is 0 Å². The van der Waals surface area contributed by atoms with Crippen LogP contribution in [0.15, 0.2) is 84.9 Å². The van der Waals surface area contributed by atoms with E-state index in [9.17, 15) is 23.1 Å². The highest BCUT2D eigenvalue weighted by Gasteiger charge is 2.44. The lowest BCUT2D eigenvalue weighted by Crippen LogP contribution is -2.51. The number of hydrogen-bond acceptors (Lipinski definition) is 4. The number of rotatable bonds is 9. The molecule has 0 aliphatic heterocycles. The number of carbonyl (C=O) groups excluding carboxylic acids is 1. The zero-order valence-corrected chi connectivity index (χ0v) is 17.7. The lowest BCUT2D eigenvalue weighted by molar-refractivity contribution is -0.211. The van der Waals surface area contributed by atoms with Crippen molar-refractivity contribution in [3.05, 3.63) is 102 Å². The first-order valence-corrected chi connectivity index (χ1v) is 10.3. The van der Waals surface area contributed by atoms with E-state index in [4.69, 9.17) is 9.47 Å². The topological polar surface area (TPSA) is 67.8 Å². The fraction of sp³-hybridized carbons (Fsp3) is 0.240. The van der Waals surface area contributed by atoms with Crippen molar-refractivity contribution in [1.29, 1.82) is 0 Å². The van der Waals surface area contributed by atoms with Crippen LogP contribution in [0.3, 0.4) is 0 Å². The fourth-order valence-electron chi connectivity index (χ4n) is 3.10. The van der Waals surface area contributed by atoms with E-state index >= 15 is 0 Å². The molecule has 0 saturated carbocycles. The number of aliphatic hydroxyl groups is 1. The zero-order chi connectivity index (χ0) is 23.7. The first-order valence-electron chi connectivity index (χ1n) is 10.3. The van der Waals surface area contributed by atoms with Crippen LogP contribution in [0.25, 0.3) is 0 Å². The molecule has 174 valence electrons. The summed E-state index contributed by atoms with van der Waals surface area (Å²) in [5.74, 6) is 0.547. The van der Waals surface area contributed by atoms with Crippen molar-refractivity contribution in [2.75, 3.05) is 0 Å². The Kier molecular flexibility index (Phi) is 8.32. The van der Waals surface area contributed by atoms with Gasteiger partial charge in [-0.3, -0.25) is 0 Å². The second-order valence-electron chi connectivity index (χ2n) is 7.42. The minimum Gasteiger partial charge on any atom is -0.489 e. The van der Waals surface area contributed by atoms with Gasteiger partial charge < -0.3 is 19.9 Å². The molecule has 0 bridgehead atoms. The van der Waals surface area contributed by atoms with Gasteiger partial charge in [-0.25, -0.2) is 4.79 Å². The van der Waals surface area contributed by atoms with E-state index in [2.05, 4.69) is 5.32 Å². The van der Waals surface area contributed by atoms with Gasteiger partial charge in [0.25, 0.3) is 0 Å². The Balaban J connectivity index is 1.60. The SMILES string of the molecule is O=C(NC(Cc1ccc(OCc2ccccc2)cc1)C(O)C(F)(F)F)OCc1ccccc1. The summed E-state index contributed by atoms with van der Waals surface area (Å²) in [5, 5.41) is 11.9. The van der Waals surface area contributed by atoms with Crippen LogP contribution >= 0.6 is 0 Å². The van der Waals surface area contributed by atoms with Gasteiger partial charge in [0.05, 0.1) is 6.04 Å². The summed E-state index contributed by atoms with van der Waals surface area (Å²) < 4.78 is 50.2. The summed E-state index contributed by atoms with van der Waals surface area (Å²) in [6.07, 6.45) is -8.96. The summed E-state index contributed by atoms with van der Waals surface area (Å²) in [5.41, 5.74) is 2.15. The van der Waals surface area contributed by atoms with Crippen LogP contribution in [0.4, 0.5) is 18.0 Å². The second kappa shape index (κ2) is 11.4. The molecule has 0 heterocycles. The van der Waals surface area contributed by atoms with E-state index in [1.807, 2.05) is 30.3 Å². The number of benzene rings is 3. The third kappa shape index (κ3) is 7.84. The van der Waals surface area contributed by atoms with E-state index in [1.165, 1.54) is 0 Å². The monoisotopic (exact) mass is 459 g/mol. The van der Waals surface area contributed by atoms with Crippen LogP contribution < -0.4 is 10.1 Å². The Morgan fingerprint density at radius 2 is 1.36 bits per heavy atom. The van der Waals surface area contributed by atoms with Gasteiger partial charge in [-0.15, -0.1) is 0 Å². The normalized spacial score (nSPS) is 13.1. The van der Waals surface area contributed by atoms with Crippen molar-refractivity contribution in [2.24, 2.45) is 0 Å². The third-order valence-corrected chi connectivity index (χ3v) is 4.86. The quantitative estimate of drug-likeness (QED) is 0.471. The van der Waals surface area contributed by atoms with E-state index in [1.54, 1.807) is 54.6 Å². The Morgan fingerprint density at radius 3 is 1.91 bits per heavy atom. The number of alkyl carbamates (subject to hydrolysis) is 1. The number of aliphatic hydroxyl groups excluding tert-OH is 1. The molecule has 3 rings (SSSR count). The van der Waals surface area contributed by atoms with Gasteiger partial charge in [0.15, 0.2) is 6.10 Å². The van der Waals surface area contributed by atoms with Crippen molar-refractivity contribution < 1.29 is 32.5 Å². The number of ether oxygens (including phenoxy) is 2. The first kappa shape index (κ1) is 24.1. The molecule has 0 aliphatic carbocycles. The van der Waals surface area contributed by atoms with Crippen molar-refractivity contribution in [2.45, 2.75) is 38.0 Å².